The molecule has 0 bridgehead atoms. The fraction of sp³-hybridized carbons (Fsp3) is 0.857. The molecule has 0 aromatic carbocycles. The lowest BCUT2D eigenvalue weighted by atomic mass is 10.2. The van der Waals surface area contributed by atoms with Crippen molar-refractivity contribution in [1.82, 2.24) is 5.32 Å². The van der Waals surface area contributed by atoms with E-state index in [0.717, 1.165) is 6.42 Å². The molecule has 3 nitrogen and oxygen atoms in total. The van der Waals surface area contributed by atoms with Crippen molar-refractivity contribution < 1.29 is 6.17 Å². The minimum atomic E-state index is -0.418. The highest BCUT2D eigenvalue weighted by Gasteiger charge is 2.57. The van der Waals surface area contributed by atoms with Crippen molar-refractivity contribution in [2.24, 2.45) is 11.7 Å². The van der Waals surface area contributed by atoms with Crippen LogP contribution in [0.5, 0.6) is 0 Å². The van der Waals surface area contributed by atoms with Gasteiger partial charge in [0.1, 0.15) is 0 Å². The van der Waals surface area contributed by atoms with Gasteiger partial charge in [-0.25, -0.2) is 0 Å². The van der Waals surface area contributed by atoms with E-state index in [-0.39, 0.29) is 11.9 Å². The van der Waals surface area contributed by atoms with Gasteiger partial charge in [0.25, 0.3) is 0 Å². The third-order valence-electron chi connectivity index (χ3n) is 2.52. The zero-order valence-corrected chi connectivity index (χ0v) is 5.92. The second kappa shape index (κ2) is 1.53. The van der Waals surface area contributed by atoms with Crippen molar-refractivity contribution in [2.75, 3.05) is 0 Å². The summed E-state index contributed by atoms with van der Waals surface area (Å²) in [5.74, 6) is -0.0431. The Morgan fingerprint density at radius 1 is 2.00 bits per heavy atom. The second-order valence-corrected chi connectivity index (χ2v) is 3.44. The fourth-order valence-corrected chi connectivity index (χ4v) is 1.65. The molecule has 1 saturated carbocycles. The standard InChI is InChI=1S/C7H12N2O/c1-7-3-4(7)2-5(9-7)6(8)10/h4-5,9H,2-3H2,1H3,(H2,8,10)/i2D. The number of hydrogen-bond donors (Lipinski definition) is 2. The number of piperidine rings is 1. The predicted molar refractivity (Wildman–Crippen MR) is 37.2 cm³/mol. The Labute approximate surface area is 61.4 Å². The van der Waals surface area contributed by atoms with Crippen LogP contribution in [-0.4, -0.2) is 17.5 Å². The van der Waals surface area contributed by atoms with E-state index in [9.17, 15) is 4.79 Å². The first-order chi connectivity index (χ1) is 5.04. The van der Waals surface area contributed by atoms with Crippen LogP contribution in [-0.2, 0) is 4.79 Å². The minimum Gasteiger partial charge on any atom is -0.368 e. The second-order valence-electron chi connectivity index (χ2n) is 3.44. The number of carbonyl (C=O) groups is 1. The van der Waals surface area contributed by atoms with Crippen molar-refractivity contribution in [3.63, 3.8) is 0 Å². The number of hydrogen-bond acceptors (Lipinski definition) is 2. The van der Waals surface area contributed by atoms with E-state index in [1.807, 2.05) is 6.92 Å². The van der Waals surface area contributed by atoms with Crippen molar-refractivity contribution in [3.05, 3.63) is 0 Å². The Kier molecular flexibility index (Phi) is 0.786. The molecule has 0 radical (unpaired) electrons. The van der Waals surface area contributed by atoms with Crippen LogP contribution in [0, 0.1) is 5.92 Å². The van der Waals surface area contributed by atoms with E-state index in [1.165, 1.54) is 0 Å². The van der Waals surface area contributed by atoms with E-state index in [0.29, 0.717) is 5.92 Å². The molecule has 1 saturated heterocycles. The predicted octanol–water partition coefficient (Wildman–Crippen LogP) is -0.388. The normalized spacial score (nSPS) is 59.3. The lowest BCUT2D eigenvalue weighted by Gasteiger charge is -2.11. The van der Waals surface area contributed by atoms with Crippen molar-refractivity contribution >= 4 is 5.91 Å². The smallest absolute Gasteiger partial charge is 0.234 e. The monoisotopic (exact) mass is 141 g/mol. The van der Waals surface area contributed by atoms with Gasteiger partial charge in [0.05, 0.1) is 6.04 Å². The van der Waals surface area contributed by atoms with Gasteiger partial charge in [-0.3, -0.25) is 4.79 Å². The quantitative estimate of drug-likeness (QED) is 0.522. The summed E-state index contributed by atoms with van der Waals surface area (Å²) in [5.41, 5.74) is 5.16. The molecule has 2 rings (SSSR count). The van der Waals surface area contributed by atoms with Crippen LogP contribution in [0.15, 0.2) is 0 Å². The summed E-state index contributed by atoms with van der Waals surface area (Å²) < 4.78 is 7.63. The zero-order valence-electron chi connectivity index (χ0n) is 6.92. The molecular weight excluding hydrogens is 128 g/mol. The summed E-state index contributed by atoms with van der Waals surface area (Å²) in [7, 11) is 0. The maximum Gasteiger partial charge on any atom is 0.234 e. The highest BCUT2D eigenvalue weighted by atomic mass is 16.1. The number of amides is 1. The fourth-order valence-electron chi connectivity index (χ4n) is 1.65. The molecule has 2 fully saturated rings. The summed E-state index contributed by atoms with van der Waals surface area (Å²) in [5, 5.41) is 3.09. The van der Waals surface area contributed by atoms with Crippen LogP contribution in [0.3, 0.4) is 0 Å². The topological polar surface area (TPSA) is 55.1 Å². The summed E-state index contributed by atoms with van der Waals surface area (Å²) in [4.78, 5) is 10.8. The highest BCUT2D eigenvalue weighted by molar-refractivity contribution is 5.80. The molecule has 56 valence electrons. The Morgan fingerprint density at radius 3 is 3.00 bits per heavy atom. The summed E-state index contributed by atoms with van der Waals surface area (Å²) in [6.45, 7) is 2.04. The molecule has 1 heterocycles. The van der Waals surface area contributed by atoms with E-state index in [1.54, 1.807) is 0 Å². The summed E-state index contributed by atoms with van der Waals surface area (Å²) >= 11 is 0. The largest absolute Gasteiger partial charge is 0.368 e. The van der Waals surface area contributed by atoms with Crippen LogP contribution in [0.25, 0.3) is 0 Å². The molecule has 4 unspecified atom stereocenters. The molecule has 4 atom stereocenters. The van der Waals surface area contributed by atoms with E-state index in [4.69, 9.17) is 7.10 Å². The minimum absolute atomic E-state index is 0.0477. The van der Waals surface area contributed by atoms with Crippen LogP contribution < -0.4 is 11.1 Å². The molecule has 0 aromatic rings. The number of fused-ring (bicyclic) bond motifs is 1. The lowest BCUT2D eigenvalue weighted by molar-refractivity contribution is -0.120. The Balaban J connectivity index is 2.14. The van der Waals surface area contributed by atoms with Gasteiger partial charge in [-0.05, 0) is 25.7 Å². The van der Waals surface area contributed by atoms with Crippen molar-refractivity contribution in [2.45, 2.75) is 31.3 Å². The number of rotatable bonds is 1. The van der Waals surface area contributed by atoms with Crippen molar-refractivity contribution in [1.29, 1.82) is 0 Å². The first-order valence-electron chi connectivity index (χ1n) is 4.11. The number of primary amides is 1. The van der Waals surface area contributed by atoms with Gasteiger partial charge in [0.15, 0.2) is 0 Å². The highest BCUT2D eigenvalue weighted by Crippen LogP contribution is 2.51. The van der Waals surface area contributed by atoms with E-state index < -0.39 is 11.9 Å². The van der Waals surface area contributed by atoms with Gasteiger partial charge in [0.2, 0.25) is 5.91 Å². The Hall–Kier alpha value is -0.570. The van der Waals surface area contributed by atoms with Crippen LogP contribution >= 0.6 is 0 Å². The lowest BCUT2D eigenvalue weighted by Crippen LogP contribution is -2.42. The van der Waals surface area contributed by atoms with Gasteiger partial charge in [-0.1, -0.05) is 0 Å². The number of nitrogens with one attached hydrogen (secondary N) is 1. The third kappa shape index (κ3) is 0.669. The maximum absolute atomic E-state index is 10.8. The molecule has 10 heavy (non-hydrogen) atoms. The van der Waals surface area contributed by atoms with Gasteiger partial charge in [-0.15, -0.1) is 0 Å². The Bertz CT molecular complexity index is 220. The summed E-state index contributed by atoms with van der Waals surface area (Å²) in [6.07, 6.45) is 0.697. The molecule has 1 amide bonds. The van der Waals surface area contributed by atoms with Gasteiger partial charge >= 0.3 is 0 Å². The van der Waals surface area contributed by atoms with Gasteiger partial charge in [-0.2, -0.15) is 0 Å². The molecular formula is C7H12N2O. The summed E-state index contributed by atoms with van der Waals surface area (Å²) in [6, 6.07) is -0.418. The average molecular weight is 141 g/mol. The molecule has 0 aromatic heterocycles. The number of nitrogens with two attached hydrogens (primary N) is 1. The molecule has 1 aliphatic heterocycles. The molecule has 2 aliphatic rings. The first-order valence-corrected chi connectivity index (χ1v) is 3.54. The Morgan fingerprint density at radius 2 is 2.70 bits per heavy atom. The SMILES string of the molecule is [2H]C1C(C(N)=O)NC2(C)CC12. The van der Waals surface area contributed by atoms with Gasteiger partial charge in [0, 0.05) is 6.91 Å². The maximum atomic E-state index is 10.8. The van der Waals surface area contributed by atoms with E-state index in [2.05, 4.69) is 5.32 Å². The van der Waals surface area contributed by atoms with Crippen molar-refractivity contribution in [3.8, 4) is 0 Å². The van der Waals surface area contributed by atoms with Crippen LogP contribution in [0.2, 0.25) is 0 Å². The molecule has 3 heteroatoms. The average Bonchev–Trinajstić information content (AvgIpc) is 2.50. The van der Waals surface area contributed by atoms with Gasteiger partial charge < -0.3 is 11.1 Å². The molecule has 3 N–H and O–H groups in total. The molecule has 0 spiro atoms. The molecule has 1 aliphatic carbocycles. The van der Waals surface area contributed by atoms with E-state index >= 15 is 0 Å². The zero-order chi connectivity index (χ0) is 8.22. The first kappa shape index (κ1) is 5.13. The van der Waals surface area contributed by atoms with Crippen LogP contribution in [0.4, 0.5) is 0 Å². The third-order valence-corrected chi connectivity index (χ3v) is 2.52. The number of carbonyl (C=O) groups excluding carboxylic acids is 1. The van der Waals surface area contributed by atoms with Crippen LogP contribution in [0.1, 0.15) is 21.1 Å².